The molecule has 0 saturated carbocycles. The van der Waals surface area contributed by atoms with Gasteiger partial charge in [0.15, 0.2) is 0 Å². The van der Waals surface area contributed by atoms with Gasteiger partial charge in [-0.05, 0) is 45.1 Å². The first kappa shape index (κ1) is 16.8. The lowest BCUT2D eigenvalue weighted by molar-refractivity contribution is 0.0996. The molecule has 0 aliphatic carbocycles. The molecular weight excluding hydrogens is 311 g/mol. The SMILES string of the molecule is CN1CCC(NCC(O)COc2cc(Cl)ccc2Cl)CC1. The predicted octanol–water partition coefficient (Wildman–Crippen LogP) is 2.42. The Labute approximate surface area is 136 Å². The van der Waals surface area contributed by atoms with E-state index in [1.807, 2.05) is 0 Å². The van der Waals surface area contributed by atoms with Crippen LogP contribution in [0.3, 0.4) is 0 Å². The van der Waals surface area contributed by atoms with Gasteiger partial charge in [0.05, 0.1) is 5.02 Å². The molecule has 2 N–H and O–H groups in total. The van der Waals surface area contributed by atoms with E-state index < -0.39 is 6.10 Å². The summed E-state index contributed by atoms with van der Waals surface area (Å²) in [7, 11) is 2.13. The molecule has 1 aliphatic rings. The van der Waals surface area contributed by atoms with Crippen molar-refractivity contribution in [2.75, 3.05) is 33.3 Å². The summed E-state index contributed by atoms with van der Waals surface area (Å²) in [4.78, 5) is 2.32. The first-order chi connectivity index (χ1) is 10.0. The zero-order valence-corrected chi connectivity index (χ0v) is 13.7. The van der Waals surface area contributed by atoms with Crippen molar-refractivity contribution in [1.82, 2.24) is 10.2 Å². The van der Waals surface area contributed by atoms with Crippen molar-refractivity contribution in [3.63, 3.8) is 0 Å². The Hall–Kier alpha value is -0.520. The van der Waals surface area contributed by atoms with E-state index in [4.69, 9.17) is 27.9 Å². The number of benzene rings is 1. The lowest BCUT2D eigenvalue weighted by atomic mass is 10.1. The topological polar surface area (TPSA) is 44.7 Å². The average Bonchev–Trinajstić information content (AvgIpc) is 2.47. The Kier molecular flexibility index (Phi) is 6.58. The molecule has 1 atom stereocenters. The van der Waals surface area contributed by atoms with E-state index in [0.29, 0.717) is 28.4 Å². The summed E-state index contributed by atoms with van der Waals surface area (Å²) in [5, 5.41) is 14.4. The number of likely N-dealkylation sites (tertiary alicyclic amines) is 1. The van der Waals surface area contributed by atoms with Crippen molar-refractivity contribution >= 4 is 23.2 Å². The molecule has 1 heterocycles. The molecule has 118 valence electrons. The highest BCUT2D eigenvalue weighted by Crippen LogP contribution is 2.27. The number of hydrogen-bond acceptors (Lipinski definition) is 4. The van der Waals surface area contributed by atoms with E-state index in [-0.39, 0.29) is 6.61 Å². The number of rotatable bonds is 6. The number of piperidine rings is 1. The van der Waals surface area contributed by atoms with E-state index in [1.165, 1.54) is 0 Å². The fourth-order valence-corrected chi connectivity index (χ4v) is 2.68. The zero-order valence-electron chi connectivity index (χ0n) is 12.2. The molecule has 1 aliphatic heterocycles. The van der Waals surface area contributed by atoms with Crippen LogP contribution in [0.2, 0.25) is 10.0 Å². The number of nitrogens with zero attached hydrogens (tertiary/aromatic N) is 1. The molecule has 1 aromatic carbocycles. The van der Waals surface area contributed by atoms with Gasteiger partial charge in [-0.25, -0.2) is 0 Å². The molecular formula is C15H22Cl2N2O2. The van der Waals surface area contributed by atoms with E-state index in [2.05, 4.69) is 17.3 Å². The second kappa shape index (κ2) is 8.20. The highest BCUT2D eigenvalue weighted by Gasteiger charge is 2.17. The largest absolute Gasteiger partial charge is 0.489 e. The van der Waals surface area contributed by atoms with Crippen LogP contribution in [0.4, 0.5) is 0 Å². The quantitative estimate of drug-likeness (QED) is 0.839. The molecule has 1 saturated heterocycles. The van der Waals surface area contributed by atoms with Crippen LogP contribution in [0.1, 0.15) is 12.8 Å². The molecule has 1 unspecified atom stereocenters. The normalized spacial score (nSPS) is 18.7. The van der Waals surface area contributed by atoms with Gasteiger partial charge in [0.1, 0.15) is 18.5 Å². The Bertz CT molecular complexity index is 451. The van der Waals surface area contributed by atoms with Gasteiger partial charge < -0.3 is 20.1 Å². The molecule has 1 fully saturated rings. The summed E-state index contributed by atoms with van der Waals surface area (Å²) in [6.45, 7) is 2.91. The molecule has 2 rings (SSSR count). The Balaban J connectivity index is 1.70. The van der Waals surface area contributed by atoms with Gasteiger partial charge in [0.25, 0.3) is 0 Å². The van der Waals surface area contributed by atoms with Crippen molar-refractivity contribution in [1.29, 1.82) is 0 Å². The lowest BCUT2D eigenvalue weighted by Crippen LogP contribution is -2.44. The van der Waals surface area contributed by atoms with Crippen LogP contribution < -0.4 is 10.1 Å². The molecule has 4 nitrogen and oxygen atoms in total. The lowest BCUT2D eigenvalue weighted by Gasteiger charge is -2.30. The molecule has 0 bridgehead atoms. The van der Waals surface area contributed by atoms with E-state index >= 15 is 0 Å². The molecule has 0 radical (unpaired) electrons. The average molecular weight is 333 g/mol. The predicted molar refractivity (Wildman–Crippen MR) is 86.5 cm³/mol. The van der Waals surface area contributed by atoms with E-state index in [1.54, 1.807) is 18.2 Å². The van der Waals surface area contributed by atoms with Crippen molar-refractivity contribution in [2.24, 2.45) is 0 Å². The van der Waals surface area contributed by atoms with Crippen molar-refractivity contribution < 1.29 is 9.84 Å². The highest BCUT2D eigenvalue weighted by molar-refractivity contribution is 6.34. The second-order valence-electron chi connectivity index (χ2n) is 5.53. The van der Waals surface area contributed by atoms with Gasteiger partial charge in [0.2, 0.25) is 0 Å². The van der Waals surface area contributed by atoms with Gasteiger partial charge in [0, 0.05) is 23.7 Å². The number of aliphatic hydroxyl groups excluding tert-OH is 1. The van der Waals surface area contributed by atoms with Crippen LogP contribution in [-0.4, -0.2) is 55.4 Å². The van der Waals surface area contributed by atoms with Crippen molar-refractivity contribution in [3.8, 4) is 5.75 Å². The maximum absolute atomic E-state index is 9.98. The maximum Gasteiger partial charge on any atom is 0.139 e. The van der Waals surface area contributed by atoms with Crippen LogP contribution in [0.15, 0.2) is 18.2 Å². The summed E-state index contributed by atoms with van der Waals surface area (Å²) < 4.78 is 5.52. The summed E-state index contributed by atoms with van der Waals surface area (Å²) in [5.74, 6) is 0.502. The highest BCUT2D eigenvalue weighted by atomic mass is 35.5. The Morgan fingerprint density at radius 1 is 1.38 bits per heavy atom. The standard InChI is InChI=1S/C15H22Cl2N2O2/c1-19-6-4-12(5-7-19)18-9-13(20)10-21-15-8-11(16)2-3-14(15)17/h2-3,8,12-13,18,20H,4-7,9-10H2,1H3. The smallest absolute Gasteiger partial charge is 0.139 e. The van der Waals surface area contributed by atoms with E-state index in [0.717, 1.165) is 25.9 Å². The van der Waals surface area contributed by atoms with Crippen LogP contribution in [0.5, 0.6) is 5.75 Å². The first-order valence-corrected chi connectivity index (χ1v) is 7.98. The number of hydrogen-bond donors (Lipinski definition) is 2. The zero-order chi connectivity index (χ0) is 15.2. The molecule has 1 aromatic rings. The summed E-state index contributed by atoms with van der Waals surface area (Å²) in [6, 6.07) is 5.52. The van der Waals surface area contributed by atoms with Crippen LogP contribution in [0.25, 0.3) is 0 Å². The minimum Gasteiger partial charge on any atom is -0.489 e. The molecule has 0 spiro atoms. The third kappa shape index (κ3) is 5.64. The number of nitrogens with one attached hydrogen (secondary N) is 1. The van der Waals surface area contributed by atoms with Crippen molar-refractivity contribution in [3.05, 3.63) is 28.2 Å². The second-order valence-corrected chi connectivity index (χ2v) is 6.37. The van der Waals surface area contributed by atoms with Crippen LogP contribution in [0, 0.1) is 0 Å². The summed E-state index contributed by atoms with van der Waals surface area (Å²) in [6.07, 6.45) is 1.66. The number of aliphatic hydroxyl groups is 1. The van der Waals surface area contributed by atoms with Gasteiger partial charge >= 0.3 is 0 Å². The van der Waals surface area contributed by atoms with Gasteiger partial charge in [-0.3, -0.25) is 0 Å². The molecule has 21 heavy (non-hydrogen) atoms. The molecule has 0 aromatic heterocycles. The van der Waals surface area contributed by atoms with E-state index in [9.17, 15) is 5.11 Å². The minimum absolute atomic E-state index is 0.194. The fraction of sp³-hybridized carbons (Fsp3) is 0.600. The maximum atomic E-state index is 9.98. The van der Waals surface area contributed by atoms with Gasteiger partial charge in [-0.2, -0.15) is 0 Å². The molecule has 0 amide bonds. The molecule has 6 heteroatoms. The number of ether oxygens (including phenoxy) is 1. The van der Waals surface area contributed by atoms with Crippen molar-refractivity contribution in [2.45, 2.75) is 25.0 Å². The first-order valence-electron chi connectivity index (χ1n) is 7.22. The summed E-state index contributed by atoms with van der Waals surface area (Å²) >= 11 is 11.9. The third-order valence-electron chi connectivity index (χ3n) is 3.69. The Morgan fingerprint density at radius 2 is 2.10 bits per heavy atom. The monoisotopic (exact) mass is 332 g/mol. The van der Waals surface area contributed by atoms with Gasteiger partial charge in [-0.1, -0.05) is 23.2 Å². The minimum atomic E-state index is -0.570. The number of halogens is 2. The third-order valence-corrected chi connectivity index (χ3v) is 4.23. The summed E-state index contributed by atoms with van der Waals surface area (Å²) in [5.41, 5.74) is 0. The van der Waals surface area contributed by atoms with Crippen LogP contribution >= 0.6 is 23.2 Å². The fourth-order valence-electron chi connectivity index (χ4n) is 2.35. The van der Waals surface area contributed by atoms with Crippen LogP contribution in [-0.2, 0) is 0 Å². The Morgan fingerprint density at radius 3 is 2.81 bits per heavy atom. The van der Waals surface area contributed by atoms with Gasteiger partial charge in [-0.15, -0.1) is 0 Å².